The van der Waals surface area contributed by atoms with Crippen molar-refractivity contribution in [3.8, 4) is 17.2 Å². The summed E-state index contributed by atoms with van der Waals surface area (Å²) in [5, 5.41) is 14.2. The predicted octanol–water partition coefficient (Wildman–Crippen LogP) is 3.90. The Labute approximate surface area is 139 Å². The lowest BCUT2D eigenvalue weighted by Gasteiger charge is -2.12. The molecule has 0 atom stereocenters. The summed E-state index contributed by atoms with van der Waals surface area (Å²) in [5.74, 6) is 1.64. The van der Waals surface area contributed by atoms with Gasteiger partial charge in [-0.3, -0.25) is 10.1 Å². The number of nitrogens with zero attached hydrogens (tertiary/aromatic N) is 1. The van der Waals surface area contributed by atoms with E-state index in [2.05, 4.69) is 5.32 Å². The average molecular weight is 330 g/mol. The summed E-state index contributed by atoms with van der Waals surface area (Å²) in [6.45, 7) is 3.39. The number of hydrogen-bond acceptors (Lipinski definition) is 6. The van der Waals surface area contributed by atoms with E-state index in [1.165, 1.54) is 6.07 Å². The van der Waals surface area contributed by atoms with Crippen molar-refractivity contribution in [2.24, 2.45) is 0 Å². The van der Waals surface area contributed by atoms with E-state index in [0.717, 1.165) is 17.9 Å². The number of nitro groups is 1. The Morgan fingerprint density at radius 3 is 2.58 bits per heavy atom. The molecular formula is C17H18N2O5. The van der Waals surface area contributed by atoms with E-state index in [1.54, 1.807) is 19.1 Å². The highest BCUT2D eigenvalue weighted by Gasteiger charge is 2.16. The second-order valence-corrected chi connectivity index (χ2v) is 5.21. The van der Waals surface area contributed by atoms with Crippen LogP contribution in [-0.2, 0) is 0 Å². The van der Waals surface area contributed by atoms with Gasteiger partial charge in [0.15, 0.2) is 17.2 Å². The smallest absolute Gasteiger partial charge is 0.311 e. The van der Waals surface area contributed by atoms with Crippen molar-refractivity contribution < 1.29 is 19.1 Å². The van der Waals surface area contributed by atoms with Gasteiger partial charge in [0.25, 0.3) is 0 Å². The maximum Gasteiger partial charge on any atom is 0.311 e. The van der Waals surface area contributed by atoms with E-state index in [-0.39, 0.29) is 11.4 Å². The molecule has 7 nitrogen and oxygen atoms in total. The van der Waals surface area contributed by atoms with Crippen molar-refractivity contribution in [1.29, 1.82) is 0 Å². The molecule has 24 heavy (non-hydrogen) atoms. The van der Waals surface area contributed by atoms with Gasteiger partial charge in [0.05, 0.1) is 24.7 Å². The zero-order valence-corrected chi connectivity index (χ0v) is 13.3. The Morgan fingerprint density at radius 1 is 1.12 bits per heavy atom. The number of nitrogens with one attached hydrogen (secondary N) is 1. The largest absolute Gasteiger partial charge is 0.490 e. The third-order valence-electron chi connectivity index (χ3n) is 3.49. The van der Waals surface area contributed by atoms with Crippen molar-refractivity contribution in [3.63, 3.8) is 0 Å². The second-order valence-electron chi connectivity index (χ2n) is 5.21. The average Bonchev–Trinajstić information content (AvgIpc) is 2.80. The van der Waals surface area contributed by atoms with E-state index < -0.39 is 4.92 Å². The molecule has 0 aliphatic carbocycles. The normalized spacial score (nSPS) is 13.0. The third kappa shape index (κ3) is 3.51. The maximum atomic E-state index is 11.0. The van der Waals surface area contributed by atoms with Crippen molar-refractivity contribution in [2.45, 2.75) is 13.3 Å². The van der Waals surface area contributed by atoms with Crippen LogP contribution in [0, 0.1) is 10.1 Å². The molecule has 1 N–H and O–H groups in total. The molecule has 126 valence electrons. The molecule has 1 aliphatic heterocycles. The number of fused-ring (bicyclic) bond motifs is 1. The predicted molar refractivity (Wildman–Crippen MR) is 89.6 cm³/mol. The minimum Gasteiger partial charge on any atom is -0.490 e. The van der Waals surface area contributed by atoms with Crippen LogP contribution in [0.15, 0.2) is 36.4 Å². The molecule has 1 heterocycles. The van der Waals surface area contributed by atoms with Gasteiger partial charge in [-0.2, -0.15) is 0 Å². The quantitative estimate of drug-likeness (QED) is 0.661. The molecule has 0 unspecified atom stereocenters. The van der Waals surface area contributed by atoms with Crippen molar-refractivity contribution >= 4 is 17.1 Å². The minimum atomic E-state index is -0.456. The number of nitro benzene ring substituents is 1. The van der Waals surface area contributed by atoms with Gasteiger partial charge < -0.3 is 19.5 Å². The molecule has 0 fully saturated rings. The first-order chi connectivity index (χ1) is 11.7. The summed E-state index contributed by atoms with van der Waals surface area (Å²) in [5.41, 5.74) is 1.44. The van der Waals surface area contributed by atoms with Crippen LogP contribution < -0.4 is 19.5 Å². The standard InChI is InChI=1S/C17H18N2O5/c1-2-22-16-10-12(4-6-14(16)19(20)21)18-13-5-7-15-17(11-13)24-9-3-8-23-15/h4-7,10-11,18H,2-3,8-9H2,1H3. The van der Waals surface area contributed by atoms with E-state index in [1.807, 2.05) is 18.2 Å². The Kier molecular flexibility index (Phi) is 4.69. The molecule has 0 spiro atoms. The van der Waals surface area contributed by atoms with Gasteiger partial charge in [0.2, 0.25) is 0 Å². The Hall–Kier alpha value is -2.96. The van der Waals surface area contributed by atoms with Crippen LogP contribution in [0.3, 0.4) is 0 Å². The van der Waals surface area contributed by atoms with Crippen LogP contribution in [-0.4, -0.2) is 24.7 Å². The molecule has 7 heteroatoms. The molecule has 0 radical (unpaired) electrons. The summed E-state index contributed by atoms with van der Waals surface area (Å²) >= 11 is 0. The van der Waals surface area contributed by atoms with Crippen molar-refractivity contribution in [3.05, 3.63) is 46.5 Å². The molecular weight excluding hydrogens is 312 g/mol. The molecule has 0 saturated carbocycles. The van der Waals surface area contributed by atoms with Gasteiger partial charge in [0, 0.05) is 36.0 Å². The Bertz CT molecular complexity index is 748. The van der Waals surface area contributed by atoms with Crippen LogP contribution in [0.4, 0.5) is 17.1 Å². The van der Waals surface area contributed by atoms with Crippen LogP contribution in [0.5, 0.6) is 17.2 Å². The summed E-state index contributed by atoms with van der Waals surface area (Å²) < 4.78 is 16.6. The first-order valence-corrected chi connectivity index (χ1v) is 7.75. The summed E-state index contributed by atoms with van der Waals surface area (Å²) in [7, 11) is 0. The van der Waals surface area contributed by atoms with Crippen molar-refractivity contribution in [2.75, 3.05) is 25.1 Å². The molecule has 1 aliphatic rings. The van der Waals surface area contributed by atoms with Crippen LogP contribution in [0.1, 0.15) is 13.3 Å². The number of rotatable bonds is 5. The number of hydrogen-bond donors (Lipinski definition) is 1. The first-order valence-electron chi connectivity index (χ1n) is 7.75. The molecule has 0 amide bonds. The fraction of sp³-hybridized carbons (Fsp3) is 0.294. The lowest BCUT2D eigenvalue weighted by Crippen LogP contribution is -1.99. The van der Waals surface area contributed by atoms with Gasteiger partial charge in [-0.15, -0.1) is 0 Å². The van der Waals surface area contributed by atoms with Gasteiger partial charge in [0.1, 0.15) is 0 Å². The minimum absolute atomic E-state index is 0.0546. The van der Waals surface area contributed by atoms with Crippen LogP contribution >= 0.6 is 0 Å². The Morgan fingerprint density at radius 2 is 1.83 bits per heavy atom. The summed E-state index contributed by atoms with van der Waals surface area (Å²) in [6.07, 6.45) is 0.845. The van der Waals surface area contributed by atoms with Gasteiger partial charge in [-0.25, -0.2) is 0 Å². The summed E-state index contributed by atoms with van der Waals surface area (Å²) in [6, 6.07) is 10.3. The fourth-order valence-corrected chi connectivity index (χ4v) is 2.42. The lowest BCUT2D eigenvalue weighted by molar-refractivity contribution is -0.385. The van der Waals surface area contributed by atoms with Crippen molar-refractivity contribution in [1.82, 2.24) is 0 Å². The van der Waals surface area contributed by atoms with E-state index in [4.69, 9.17) is 14.2 Å². The van der Waals surface area contributed by atoms with Crippen LogP contribution in [0.2, 0.25) is 0 Å². The Balaban J connectivity index is 1.84. The van der Waals surface area contributed by atoms with E-state index in [0.29, 0.717) is 31.3 Å². The second kappa shape index (κ2) is 7.08. The maximum absolute atomic E-state index is 11.0. The highest BCUT2D eigenvalue weighted by Crippen LogP contribution is 2.35. The van der Waals surface area contributed by atoms with E-state index in [9.17, 15) is 10.1 Å². The highest BCUT2D eigenvalue weighted by atomic mass is 16.6. The van der Waals surface area contributed by atoms with Gasteiger partial charge in [-0.05, 0) is 25.1 Å². The molecule has 2 aromatic carbocycles. The topological polar surface area (TPSA) is 82.9 Å². The fourth-order valence-electron chi connectivity index (χ4n) is 2.42. The lowest BCUT2D eigenvalue weighted by atomic mass is 10.2. The molecule has 0 saturated heterocycles. The highest BCUT2D eigenvalue weighted by molar-refractivity contribution is 5.67. The number of anilines is 2. The van der Waals surface area contributed by atoms with E-state index >= 15 is 0 Å². The number of ether oxygens (including phenoxy) is 3. The SMILES string of the molecule is CCOc1cc(Nc2ccc3c(c2)OCCCO3)ccc1[N+](=O)[O-]. The monoisotopic (exact) mass is 330 g/mol. The number of benzene rings is 2. The third-order valence-corrected chi connectivity index (χ3v) is 3.49. The molecule has 0 bridgehead atoms. The first kappa shape index (κ1) is 15.9. The molecule has 3 rings (SSSR count). The molecule has 0 aromatic heterocycles. The van der Waals surface area contributed by atoms with Crippen LogP contribution in [0.25, 0.3) is 0 Å². The van der Waals surface area contributed by atoms with Gasteiger partial charge in [-0.1, -0.05) is 0 Å². The molecule has 2 aromatic rings. The zero-order valence-electron chi connectivity index (χ0n) is 13.3. The zero-order chi connectivity index (χ0) is 16.9. The summed E-state index contributed by atoms with van der Waals surface area (Å²) in [4.78, 5) is 10.6. The van der Waals surface area contributed by atoms with Gasteiger partial charge >= 0.3 is 5.69 Å².